The van der Waals surface area contributed by atoms with E-state index >= 15 is 0 Å². The minimum absolute atomic E-state index is 0.111. The molecule has 0 saturated carbocycles. The first-order valence-electron chi connectivity index (χ1n) is 6.28. The van der Waals surface area contributed by atoms with Crippen LogP contribution in [-0.2, 0) is 4.74 Å². The zero-order valence-corrected chi connectivity index (χ0v) is 11.3. The molecule has 0 aromatic heterocycles. The van der Waals surface area contributed by atoms with Gasteiger partial charge in [-0.05, 0) is 19.1 Å². The van der Waals surface area contributed by atoms with E-state index in [0.717, 1.165) is 26.2 Å². The molecule has 4 heteroatoms. The highest BCUT2D eigenvalue weighted by molar-refractivity contribution is 6.33. The molecule has 0 radical (unpaired) electrons. The van der Waals surface area contributed by atoms with Gasteiger partial charge in [-0.2, -0.15) is 0 Å². The Kier molecular flexibility index (Phi) is 4.75. The molecule has 3 nitrogen and oxygen atoms in total. The van der Waals surface area contributed by atoms with Gasteiger partial charge in [0.1, 0.15) is 0 Å². The van der Waals surface area contributed by atoms with Crippen molar-refractivity contribution < 1.29 is 9.53 Å². The van der Waals surface area contributed by atoms with Crippen molar-refractivity contribution >= 4 is 17.4 Å². The molecule has 2 rings (SSSR count). The number of ether oxygens (including phenoxy) is 1. The topological polar surface area (TPSA) is 29.5 Å². The highest BCUT2D eigenvalue weighted by Gasteiger charge is 2.18. The summed E-state index contributed by atoms with van der Waals surface area (Å²) in [5.74, 6) is 0.111. The van der Waals surface area contributed by atoms with Crippen molar-refractivity contribution in [1.82, 2.24) is 4.90 Å². The maximum absolute atomic E-state index is 12.0. The third kappa shape index (κ3) is 3.55. The van der Waals surface area contributed by atoms with Crippen LogP contribution in [0.5, 0.6) is 0 Å². The Labute approximate surface area is 113 Å². The largest absolute Gasteiger partial charge is 0.376 e. The second kappa shape index (κ2) is 6.32. The van der Waals surface area contributed by atoms with Crippen molar-refractivity contribution in [1.29, 1.82) is 0 Å². The Morgan fingerprint density at radius 1 is 1.50 bits per heavy atom. The van der Waals surface area contributed by atoms with Gasteiger partial charge in [0.05, 0.1) is 17.7 Å². The van der Waals surface area contributed by atoms with E-state index in [0.29, 0.717) is 17.0 Å². The molecule has 98 valence electrons. The van der Waals surface area contributed by atoms with E-state index in [2.05, 4.69) is 11.8 Å². The SMILES string of the molecule is CC1CN(CCC(=O)c2ccccc2Cl)CCO1. The lowest BCUT2D eigenvalue weighted by atomic mass is 10.1. The van der Waals surface area contributed by atoms with Crippen molar-refractivity contribution in [2.75, 3.05) is 26.2 Å². The maximum Gasteiger partial charge on any atom is 0.165 e. The standard InChI is InChI=1S/C14H18ClNO2/c1-11-10-16(8-9-18-11)7-6-14(17)12-4-2-3-5-13(12)15/h2-5,11H,6-10H2,1H3. The first kappa shape index (κ1) is 13.5. The Bertz CT molecular complexity index is 422. The molecule has 0 amide bonds. The molecule has 0 bridgehead atoms. The van der Waals surface area contributed by atoms with E-state index in [9.17, 15) is 4.79 Å². The van der Waals surface area contributed by atoms with Crippen LogP contribution in [0.4, 0.5) is 0 Å². The van der Waals surface area contributed by atoms with Crippen LogP contribution in [0.2, 0.25) is 5.02 Å². The number of hydrogen-bond donors (Lipinski definition) is 0. The smallest absolute Gasteiger partial charge is 0.165 e. The van der Waals surface area contributed by atoms with Crippen molar-refractivity contribution in [3.63, 3.8) is 0 Å². The van der Waals surface area contributed by atoms with Gasteiger partial charge in [0.2, 0.25) is 0 Å². The van der Waals surface area contributed by atoms with Crippen LogP contribution < -0.4 is 0 Å². The van der Waals surface area contributed by atoms with E-state index in [1.54, 1.807) is 12.1 Å². The average Bonchev–Trinajstić information content (AvgIpc) is 2.37. The molecule has 0 spiro atoms. The Morgan fingerprint density at radius 3 is 3.00 bits per heavy atom. The predicted molar refractivity (Wildman–Crippen MR) is 72.3 cm³/mol. The predicted octanol–water partition coefficient (Wildman–Crippen LogP) is 2.63. The number of morpholine rings is 1. The lowest BCUT2D eigenvalue weighted by molar-refractivity contribution is -0.0180. The molecule has 0 N–H and O–H groups in total. The minimum Gasteiger partial charge on any atom is -0.376 e. The van der Waals surface area contributed by atoms with Crippen LogP contribution in [0.25, 0.3) is 0 Å². The first-order valence-corrected chi connectivity index (χ1v) is 6.66. The molecule has 1 atom stereocenters. The quantitative estimate of drug-likeness (QED) is 0.786. The van der Waals surface area contributed by atoms with E-state index in [1.807, 2.05) is 12.1 Å². The van der Waals surface area contributed by atoms with E-state index in [4.69, 9.17) is 16.3 Å². The van der Waals surface area contributed by atoms with Crippen molar-refractivity contribution in [2.45, 2.75) is 19.4 Å². The zero-order valence-electron chi connectivity index (χ0n) is 10.6. The summed E-state index contributed by atoms with van der Waals surface area (Å²) < 4.78 is 5.47. The maximum atomic E-state index is 12.0. The van der Waals surface area contributed by atoms with Gasteiger partial charge < -0.3 is 4.74 Å². The third-order valence-electron chi connectivity index (χ3n) is 3.15. The summed E-state index contributed by atoms with van der Waals surface area (Å²) >= 11 is 6.01. The fraction of sp³-hybridized carbons (Fsp3) is 0.500. The summed E-state index contributed by atoms with van der Waals surface area (Å²) in [5.41, 5.74) is 0.625. The average molecular weight is 268 g/mol. The zero-order chi connectivity index (χ0) is 13.0. The summed E-state index contributed by atoms with van der Waals surface area (Å²) in [5, 5.41) is 0.540. The van der Waals surface area contributed by atoms with Crippen molar-refractivity contribution in [3.05, 3.63) is 34.9 Å². The van der Waals surface area contributed by atoms with Gasteiger partial charge >= 0.3 is 0 Å². The number of rotatable bonds is 4. The fourth-order valence-electron chi connectivity index (χ4n) is 2.18. The normalized spacial score (nSPS) is 20.9. The van der Waals surface area contributed by atoms with Gasteiger partial charge in [0, 0.05) is 31.6 Å². The molecular weight excluding hydrogens is 250 g/mol. The lowest BCUT2D eigenvalue weighted by Crippen LogP contribution is -2.41. The Hall–Kier alpha value is -0.900. The first-order chi connectivity index (χ1) is 8.66. The van der Waals surface area contributed by atoms with Gasteiger partial charge in [-0.15, -0.1) is 0 Å². The van der Waals surface area contributed by atoms with Crippen LogP contribution in [0, 0.1) is 0 Å². The van der Waals surface area contributed by atoms with Crippen LogP contribution in [-0.4, -0.2) is 43.0 Å². The van der Waals surface area contributed by atoms with Gasteiger partial charge in [0.15, 0.2) is 5.78 Å². The van der Waals surface area contributed by atoms with E-state index in [1.165, 1.54) is 0 Å². The number of nitrogens with zero attached hydrogens (tertiary/aromatic N) is 1. The number of carbonyl (C=O) groups is 1. The van der Waals surface area contributed by atoms with Crippen LogP contribution in [0.1, 0.15) is 23.7 Å². The Balaban J connectivity index is 1.87. The van der Waals surface area contributed by atoms with Gasteiger partial charge in [0.25, 0.3) is 0 Å². The number of hydrogen-bond acceptors (Lipinski definition) is 3. The monoisotopic (exact) mass is 267 g/mol. The number of benzene rings is 1. The Morgan fingerprint density at radius 2 is 2.28 bits per heavy atom. The second-order valence-corrected chi connectivity index (χ2v) is 5.04. The van der Waals surface area contributed by atoms with Gasteiger partial charge in [-0.3, -0.25) is 9.69 Å². The van der Waals surface area contributed by atoms with Crippen LogP contribution in [0.3, 0.4) is 0 Å². The number of Topliss-reactive ketones (excluding diaryl/α,β-unsaturated/α-hetero) is 1. The van der Waals surface area contributed by atoms with Gasteiger partial charge in [-0.1, -0.05) is 23.7 Å². The summed E-state index contributed by atoms with van der Waals surface area (Å²) in [4.78, 5) is 14.3. The fourth-order valence-corrected chi connectivity index (χ4v) is 2.42. The van der Waals surface area contributed by atoms with Crippen LogP contribution >= 0.6 is 11.6 Å². The number of ketones is 1. The molecule has 0 aliphatic carbocycles. The van der Waals surface area contributed by atoms with Crippen molar-refractivity contribution in [2.24, 2.45) is 0 Å². The molecule has 1 aliphatic rings. The van der Waals surface area contributed by atoms with E-state index in [-0.39, 0.29) is 11.9 Å². The van der Waals surface area contributed by atoms with Crippen molar-refractivity contribution in [3.8, 4) is 0 Å². The summed E-state index contributed by atoms with van der Waals surface area (Å²) in [7, 11) is 0. The molecule has 1 fully saturated rings. The van der Waals surface area contributed by atoms with E-state index < -0.39 is 0 Å². The molecule has 1 aromatic rings. The number of carbonyl (C=O) groups excluding carboxylic acids is 1. The highest BCUT2D eigenvalue weighted by Crippen LogP contribution is 2.17. The molecular formula is C14H18ClNO2. The molecule has 18 heavy (non-hydrogen) atoms. The molecule has 1 aliphatic heterocycles. The second-order valence-electron chi connectivity index (χ2n) is 4.64. The van der Waals surface area contributed by atoms with Gasteiger partial charge in [-0.25, -0.2) is 0 Å². The highest BCUT2D eigenvalue weighted by atomic mass is 35.5. The third-order valence-corrected chi connectivity index (χ3v) is 3.48. The molecule has 1 unspecified atom stereocenters. The summed E-state index contributed by atoms with van der Waals surface area (Å²) in [6.45, 7) is 5.39. The summed E-state index contributed by atoms with van der Waals surface area (Å²) in [6, 6.07) is 7.22. The van der Waals surface area contributed by atoms with Crippen LogP contribution in [0.15, 0.2) is 24.3 Å². The minimum atomic E-state index is 0.111. The molecule has 1 aromatic carbocycles. The summed E-state index contributed by atoms with van der Waals surface area (Å²) in [6.07, 6.45) is 0.769. The molecule has 1 heterocycles. The molecule has 1 saturated heterocycles. The lowest BCUT2D eigenvalue weighted by Gasteiger charge is -2.30. The number of halogens is 1.